The van der Waals surface area contributed by atoms with E-state index in [0.717, 1.165) is 5.56 Å². The van der Waals surface area contributed by atoms with Crippen LogP contribution in [-0.2, 0) is 0 Å². The molecule has 19 heavy (non-hydrogen) atoms. The summed E-state index contributed by atoms with van der Waals surface area (Å²) < 4.78 is 0. The fraction of sp³-hybridized carbons (Fsp3) is 0.250. The number of aryl methyl sites for hydroxylation is 1. The van der Waals surface area contributed by atoms with Crippen molar-refractivity contribution < 1.29 is 0 Å². The van der Waals surface area contributed by atoms with E-state index in [4.69, 9.17) is 23.2 Å². The summed E-state index contributed by atoms with van der Waals surface area (Å²) in [4.78, 5) is 0. The predicted octanol–water partition coefficient (Wildman–Crippen LogP) is 4.92. The fourth-order valence-electron chi connectivity index (χ4n) is 2.33. The van der Waals surface area contributed by atoms with Crippen molar-refractivity contribution in [2.45, 2.75) is 19.9 Å². The second-order valence-electron chi connectivity index (χ2n) is 4.71. The van der Waals surface area contributed by atoms with Gasteiger partial charge in [0.25, 0.3) is 0 Å². The lowest BCUT2D eigenvalue weighted by Gasteiger charge is -2.21. The first-order valence-corrected chi connectivity index (χ1v) is 6.98. The van der Waals surface area contributed by atoms with Gasteiger partial charge in [0.05, 0.1) is 6.04 Å². The Kier molecular flexibility index (Phi) is 4.51. The van der Waals surface area contributed by atoms with Crippen molar-refractivity contribution in [3.05, 3.63) is 68.7 Å². The number of benzene rings is 2. The van der Waals surface area contributed by atoms with Crippen LogP contribution in [0.5, 0.6) is 0 Å². The molecule has 1 unspecified atom stereocenters. The van der Waals surface area contributed by atoms with Gasteiger partial charge in [-0.25, -0.2) is 0 Å². The molecule has 0 spiro atoms. The summed E-state index contributed by atoms with van der Waals surface area (Å²) in [5.41, 5.74) is 4.90. The number of hydrogen-bond acceptors (Lipinski definition) is 1. The van der Waals surface area contributed by atoms with Gasteiger partial charge in [0, 0.05) is 10.0 Å². The Morgan fingerprint density at radius 3 is 2.21 bits per heavy atom. The van der Waals surface area contributed by atoms with Gasteiger partial charge in [-0.3, -0.25) is 0 Å². The summed E-state index contributed by atoms with van der Waals surface area (Å²) in [6.45, 7) is 4.26. The van der Waals surface area contributed by atoms with Crippen molar-refractivity contribution in [3.63, 3.8) is 0 Å². The average Bonchev–Trinajstić information content (AvgIpc) is 2.34. The third-order valence-corrected chi connectivity index (χ3v) is 3.90. The monoisotopic (exact) mass is 293 g/mol. The van der Waals surface area contributed by atoms with Crippen molar-refractivity contribution >= 4 is 23.2 Å². The van der Waals surface area contributed by atoms with E-state index in [1.54, 1.807) is 6.07 Å². The number of rotatable bonds is 3. The molecule has 0 aromatic heterocycles. The lowest BCUT2D eigenvalue weighted by atomic mass is 9.93. The standard InChI is InChI=1S/C16H17Cl2N/c1-10-5-4-6-15(11(10)2)16(19-3)12-7-13(17)9-14(18)8-12/h4-9,16,19H,1-3H3. The van der Waals surface area contributed by atoms with E-state index in [-0.39, 0.29) is 6.04 Å². The van der Waals surface area contributed by atoms with Crippen LogP contribution in [0.15, 0.2) is 36.4 Å². The van der Waals surface area contributed by atoms with Crippen LogP contribution >= 0.6 is 23.2 Å². The van der Waals surface area contributed by atoms with Crippen molar-refractivity contribution in [2.75, 3.05) is 7.05 Å². The Morgan fingerprint density at radius 2 is 1.63 bits per heavy atom. The van der Waals surface area contributed by atoms with E-state index in [1.165, 1.54) is 16.7 Å². The Hall–Kier alpha value is -1.02. The van der Waals surface area contributed by atoms with Crippen LogP contribution in [0.4, 0.5) is 0 Å². The van der Waals surface area contributed by atoms with E-state index < -0.39 is 0 Å². The van der Waals surface area contributed by atoms with E-state index in [1.807, 2.05) is 19.2 Å². The van der Waals surface area contributed by atoms with Crippen molar-refractivity contribution in [2.24, 2.45) is 0 Å². The first kappa shape index (κ1) is 14.4. The van der Waals surface area contributed by atoms with E-state index in [9.17, 15) is 0 Å². The number of hydrogen-bond donors (Lipinski definition) is 1. The number of nitrogens with one attached hydrogen (secondary N) is 1. The highest BCUT2D eigenvalue weighted by molar-refractivity contribution is 6.34. The van der Waals surface area contributed by atoms with Crippen LogP contribution in [-0.4, -0.2) is 7.05 Å². The molecule has 2 aromatic rings. The summed E-state index contributed by atoms with van der Waals surface area (Å²) in [5.74, 6) is 0. The van der Waals surface area contributed by atoms with E-state index in [2.05, 4.69) is 37.4 Å². The van der Waals surface area contributed by atoms with Crippen LogP contribution in [0.25, 0.3) is 0 Å². The van der Waals surface area contributed by atoms with Crippen LogP contribution in [0.2, 0.25) is 10.0 Å². The van der Waals surface area contributed by atoms with Crippen LogP contribution in [0.1, 0.15) is 28.3 Å². The van der Waals surface area contributed by atoms with Crippen LogP contribution in [0.3, 0.4) is 0 Å². The maximum absolute atomic E-state index is 6.10. The van der Waals surface area contributed by atoms with E-state index >= 15 is 0 Å². The molecule has 0 fully saturated rings. The molecule has 0 amide bonds. The Bertz CT molecular complexity index is 573. The molecule has 100 valence electrons. The zero-order chi connectivity index (χ0) is 14.0. The molecule has 0 saturated carbocycles. The molecule has 0 aliphatic carbocycles. The summed E-state index contributed by atoms with van der Waals surface area (Å²) in [7, 11) is 1.95. The molecule has 0 heterocycles. The van der Waals surface area contributed by atoms with Gasteiger partial charge in [-0.2, -0.15) is 0 Å². The maximum atomic E-state index is 6.10. The first-order valence-electron chi connectivity index (χ1n) is 6.22. The second-order valence-corrected chi connectivity index (χ2v) is 5.59. The molecule has 0 aliphatic rings. The van der Waals surface area contributed by atoms with Gasteiger partial charge < -0.3 is 5.32 Å². The van der Waals surface area contributed by atoms with Gasteiger partial charge in [0.15, 0.2) is 0 Å². The van der Waals surface area contributed by atoms with Gasteiger partial charge in [0.2, 0.25) is 0 Å². The third kappa shape index (κ3) is 3.11. The topological polar surface area (TPSA) is 12.0 Å². The van der Waals surface area contributed by atoms with Gasteiger partial charge in [0.1, 0.15) is 0 Å². The average molecular weight is 294 g/mol. The molecule has 0 saturated heterocycles. The molecule has 0 bridgehead atoms. The summed E-state index contributed by atoms with van der Waals surface area (Å²) in [5, 5.41) is 4.66. The van der Waals surface area contributed by atoms with E-state index in [0.29, 0.717) is 10.0 Å². The predicted molar refractivity (Wildman–Crippen MR) is 83.3 cm³/mol. The smallest absolute Gasteiger partial charge is 0.0578 e. The normalized spacial score (nSPS) is 12.5. The zero-order valence-electron chi connectivity index (χ0n) is 11.3. The highest BCUT2D eigenvalue weighted by atomic mass is 35.5. The lowest BCUT2D eigenvalue weighted by Crippen LogP contribution is -2.19. The third-order valence-electron chi connectivity index (χ3n) is 3.46. The number of halogens is 2. The van der Waals surface area contributed by atoms with Crippen molar-refractivity contribution in [1.82, 2.24) is 5.32 Å². The molecule has 1 atom stereocenters. The van der Waals surface area contributed by atoms with Crippen LogP contribution in [0, 0.1) is 13.8 Å². The highest BCUT2D eigenvalue weighted by Crippen LogP contribution is 2.30. The summed E-state index contributed by atoms with van der Waals surface area (Å²) in [6.07, 6.45) is 0. The Morgan fingerprint density at radius 1 is 1.00 bits per heavy atom. The molecule has 1 N–H and O–H groups in total. The minimum Gasteiger partial charge on any atom is -0.309 e. The van der Waals surface area contributed by atoms with Gasteiger partial charge in [-0.1, -0.05) is 41.4 Å². The lowest BCUT2D eigenvalue weighted by molar-refractivity contribution is 0.687. The van der Waals surface area contributed by atoms with Crippen LogP contribution < -0.4 is 5.32 Å². The quantitative estimate of drug-likeness (QED) is 0.847. The fourth-order valence-corrected chi connectivity index (χ4v) is 2.87. The molecular formula is C16H17Cl2N. The molecular weight excluding hydrogens is 277 g/mol. The Balaban J connectivity index is 2.53. The first-order chi connectivity index (χ1) is 9.02. The van der Waals surface area contributed by atoms with Crippen molar-refractivity contribution in [3.8, 4) is 0 Å². The summed E-state index contributed by atoms with van der Waals surface area (Å²) in [6, 6.07) is 12.1. The van der Waals surface area contributed by atoms with Crippen molar-refractivity contribution in [1.29, 1.82) is 0 Å². The van der Waals surface area contributed by atoms with Gasteiger partial charge in [-0.05, 0) is 61.3 Å². The second kappa shape index (κ2) is 5.96. The molecule has 3 heteroatoms. The summed E-state index contributed by atoms with van der Waals surface area (Å²) >= 11 is 12.2. The molecule has 0 aliphatic heterocycles. The zero-order valence-corrected chi connectivity index (χ0v) is 12.8. The maximum Gasteiger partial charge on any atom is 0.0578 e. The largest absolute Gasteiger partial charge is 0.309 e. The van der Waals surface area contributed by atoms with Gasteiger partial charge in [-0.15, -0.1) is 0 Å². The molecule has 0 radical (unpaired) electrons. The Labute approximate surface area is 124 Å². The molecule has 2 rings (SSSR count). The minimum absolute atomic E-state index is 0.0936. The highest BCUT2D eigenvalue weighted by Gasteiger charge is 2.16. The molecule has 1 nitrogen and oxygen atoms in total. The minimum atomic E-state index is 0.0936. The molecule has 2 aromatic carbocycles. The SMILES string of the molecule is CNC(c1cc(Cl)cc(Cl)c1)c1cccc(C)c1C. The van der Waals surface area contributed by atoms with Gasteiger partial charge >= 0.3 is 0 Å².